The zero-order chi connectivity index (χ0) is 20.1. The highest BCUT2D eigenvalue weighted by molar-refractivity contribution is 5.81. The van der Waals surface area contributed by atoms with E-state index in [0.29, 0.717) is 11.9 Å². The van der Waals surface area contributed by atoms with Crippen LogP contribution in [-0.4, -0.2) is 48.3 Å². The third-order valence-corrected chi connectivity index (χ3v) is 4.65. The second-order valence-electron chi connectivity index (χ2n) is 6.75. The van der Waals surface area contributed by atoms with Crippen LogP contribution in [0.3, 0.4) is 0 Å². The van der Waals surface area contributed by atoms with E-state index >= 15 is 0 Å². The number of hydrogen-bond donors (Lipinski definition) is 1. The van der Waals surface area contributed by atoms with Gasteiger partial charge in [-0.25, -0.2) is 4.68 Å². The van der Waals surface area contributed by atoms with Crippen LogP contribution < -0.4 is 15.6 Å². The summed E-state index contributed by atoms with van der Waals surface area (Å²) in [6, 6.07) is 14.9. The molecule has 1 atom stereocenters. The molecule has 0 saturated carbocycles. The molecule has 0 aliphatic carbocycles. The minimum absolute atomic E-state index is 0.0275. The molecule has 0 saturated heterocycles. The topological polar surface area (TPSA) is 76.5 Å². The minimum Gasteiger partial charge on any atom is -0.497 e. The molecule has 1 amide bonds. The summed E-state index contributed by atoms with van der Waals surface area (Å²) in [5.74, 6) is 0.502. The first-order valence-corrected chi connectivity index (χ1v) is 9.01. The quantitative estimate of drug-likeness (QED) is 0.677. The fraction of sp³-hybridized carbons (Fsp3) is 0.286. The summed E-state index contributed by atoms with van der Waals surface area (Å²) in [6.07, 6.45) is 1.60. The molecule has 1 aromatic heterocycles. The molecule has 7 heteroatoms. The fourth-order valence-corrected chi connectivity index (χ4v) is 3.09. The van der Waals surface area contributed by atoms with Gasteiger partial charge in [-0.3, -0.25) is 9.59 Å². The van der Waals surface area contributed by atoms with Crippen LogP contribution >= 0.6 is 0 Å². The molecule has 0 bridgehead atoms. The maximum atomic E-state index is 12.5. The van der Waals surface area contributed by atoms with Crippen LogP contribution in [0.5, 0.6) is 5.75 Å². The molecule has 0 aliphatic rings. The van der Waals surface area contributed by atoms with Crippen molar-refractivity contribution in [3.8, 4) is 5.75 Å². The molecular weight excluding hydrogens is 356 g/mol. The number of nitrogens with zero attached hydrogens (tertiary/aromatic N) is 3. The van der Waals surface area contributed by atoms with E-state index in [2.05, 4.69) is 10.4 Å². The second kappa shape index (κ2) is 8.67. The van der Waals surface area contributed by atoms with Crippen LogP contribution in [0, 0.1) is 0 Å². The van der Waals surface area contributed by atoms with Gasteiger partial charge in [0.05, 0.1) is 24.7 Å². The molecule has 7 nitrogen and oxygen atoms in total. The van der Waals surface area contributed by atoms with E-state index in [0.717, 1.165) is 16.7 Å². The minimum atomic E-state index is -0.273. The Morgan fingerprint density at radius 3 is 2.75 bits per heavy atom. The molecule has 1 N–H and O–H groups in total. The van der Waals surface area contributed by atoms with Crippen molar-refractivity contribution in [3.63, 3.8) is 0 Å². The molecule has 2 aromatic carbocycles. The standard InChI is InChI=1S/C21H24N4O3/c1-24(2)19(15-8-6-9-17(11-15)28-3)13-22-20(26)14-25-21(27)18-10-5-4-7-16(18)12-23-25/h4-12,19H,13-14H2,1-3H3,(H,22,26)/t19-/m1/s1. The lowest BCUT2D eigenvalue weighted by atomic mass is 10.1. The monoisotopic (exact) mass is 380 g/mol. The lowest BCUT2D eigenvalue weighted by Crippen LogP contribution is -2.38. The van der Waals surface area contributed by atoms with Gasteiger partial charge in [0.2, 0.25) is 5.91 Å². The summed E-state index contributed by atoms with van der Waals surface area (Å²) < 4.78 is 6.47. The van der Waals surface area contributed by atoms with Crippen molar-refractivity contribution in [1.82, 2.24) is 20.0 Å². The van der Waals surface area contributed by atoms with Gasteiger partial charge in [0.1, 0.15) is 12.3 Å². The lowest BCUT2D eigenvalue weighted by molar-refractivity contribution is -0.122. The summed E-state index contributed by atoms with van der Waals surface area (Å²) in [6.45, 7) is 0.281. The highest BCUT2D eigenvalue weighted by Crippen LogP contribution is 2.22. The molecule has 146 valence electrons. The van der Waals surface area contributed by atoms with Crippen molar-refractivity contribution in [1.29, 1.82) is 0 Å². The van der Waals surface area contributed by atoms with Crippen molar-refractivity contribution in [2.45, 2.75) is 12.6 Å². The average Bonchev–Trinajstić information content (AvgIpc) is 2.70. The third kappa shape index (κ3) is 4.37. The van der Waals surface area contributed by atoms with Crippen molar-refractivity contribution in [2.75, 3.05) is 27.7 Å². The van der Waals surface area contributed by atoms with Crippen LogP contribution in [0.4, 0.5) is 0 Å². The number of aromatic nitrogens is 2. The summed E-state index contributed by atoms with van der Waals surface area (Å²) in [5.41, 5.74) is 0.760. The molecule has 0 unspecified atom stereocenters. The van der Waals surface area contributed by atoms with E-state index in [1.54, 1.807) is 25.4 Å². The van der Waals surface area contributed by atoms with Crippen molar-refractivity contribution in [2.24, 2.45) is 0 Å². The Kier molecular flexibility index (Phi) is 6.06. The Hall–Kier alpha value is -3.19. The first-order valence-electron chi connectivity index (χ1n) is 9.01. The van der Waals surface area contributed by atoms with Gasteiger partial charge < -0.3 is 15.0 Å². The van der Waals surface area contributed by atoms with Gasteiger partial charge >= 0.3 is 0 Å². The van der Waals surface area contributed by atoms with Crippen molar-refractivity contribution in [3.05, 3.63) is 70.6 Å². The van der Waals surface area contributed by atoms with E-state index < -0.39 is 0 Å². The zero-order valence-electron chi connectivity index (χ0n) is 16.3. The normalized spacial score (nSPS) is 12.1. The molecular formula is C21H24N4O3. The van der Waals surface area contributed by atoms with Gasteiger partial charge in [0.15, 0.2) is 0 Å². The smallest absolute Gasteiger partial charge is 0.275 e. The number of likely N-dealkylation sites (N-methyl/N-ethyl adjacent to an activating group) is 1. The maximum Gasteiger partial charge on any atom is 0.275 e. The first-order chi connectivity index (χ1) is 13.5. The highest BCUT2D eigenvalue weighted by atomic mass is 16.5. The van der Waals surface area contributed by atoms with Gasteiger partial charge in [0, 0.05) is 11.9 Å². The number of nitrogens with one attached hydrogen (secondary N) is 1. The molecule has 0 radical (unpaired) electrons. The number of benzene rings is 2. The van der Waals surface area contributed by atoms with E-state index in [1.165, 1.54) is 4.68 Å². The van der Waals surface area contributed by atoms with Crippen molar-refractivity contribution < 1.29 is 9.53 Å². The Morgan fingerprint density at radius 1 is 1.21 bits per heavy atom. The van der Waals surface area contributed by atoms with Gasteiger partial charge in [0.25, 0.3) is 5.56 Å². The van der Waals surface area contributed by atoms with Crippen LogP contribution in [0.15, 0.2) is 59.5 Å². The van der Waals surface area contributed by atoms with E-state index in [4.69, 9.17) is 4.74 Å². The molecule has 3 rings (SSSR count). The number of amides is 1. The Morgan fingerprint density at radius 2 is 2.00 bits per heavy atom. The zero-order valence-corrected chi connectivity index (χ0v) is 16.3. The van der Waals surface area contributed by atoms with E-state index in [1.807, 2.05) is 55.4 Å². The number of carbonyl (C=O) groups excluding carboxylic acids is 1. The summed E-state index contributed by atoms with van der Waals surface area (Å²) in [4.78, 5) is 27.0. The Bertz CT molecular complexity index is 1030. The first kappa shape index (κ1) is 19.6. The summed E-state index contributed by atoms with van der Waals surface area (Å²) >= 11 is 0. The molecule has 0 aliphatic heterocycles. The third-order valence-electron chi connectivity index (χ3n) is 4.65. The van der Waals surface area contributed by atoms with Gasteiger partial charge in [-0.1, -0.05) is 30.3 Å². The number of carbonyl (C=O) groups is 1. The fourth-order valence-electron chi connectivity index (χ4n) is 3.09. The SMILES string of the molecule is COc1cccc([C@@H](CNC(=O)Cn2ncc3ccccc3c2=O)N(C)C)c1. The number of hydrogen-bond acceptors (Lipinski definition) is 5. The van der Waals surface area contributed by atoms with Crippen LogP contribution in [0.25, 0.3) is 10.8 Å². The van der Waals surface area contributed by atoms with E-state index in [-0.39, 0.29) is 24.1 Å². The lowest BCUT2D eigenvalue weighted by Gasteiger charge is -2.25. The van der Waals surface area contributed by atoms with Gasteiger partial charge in [-0.05, 0) is 37.9 Å². The number of fused-ring (bicyclic) bond motifs is 1. The van der Waals surface area contributed by atoms with Gasteiger partial charge in [-0.2, -0.15) is 5.10 Å². The number of methoxy groups -OCH3 is 1. The second-order valence-corrected chi connectivity index (χ2v) is 6.75. The Labute approximate surface area is 163 Å². The maximum absolute atomic E-state index is 12.5. The summed E-state index contributed by atoms with van der Waals surface area (Å²) in [7, 11) is 5.53. The van der Waals surface area contributed by atoms with E-state index in [9.17, 15) is 9.59 Å². The molecule has 1 heterocycles. The number of rotatable bonds is 7. The number of ether oxygens (including phenoxy) is 1. The highest BCUT2D eigenvalue weighted by Gasteiger charge is 2.16. The average molecular weight is 380 g/mol. The van der Waals surface area contributed by atoms with Crippen LogP contribution in [0.1, 0.15) is 11.6 Å². The van der Waals surface area contributed by atoms with Crippen molar-refractivity contribution >= 4 is 16.7 Å². The predicted octanol–water partition coefficient (Wildman–Crippen LogP) is 1.82. The largest absolute Gasteiger partial charge is 0.497 e. The molecule has 0 fully saturated rings. The summed E-state index contributed by atoms with van der Waals surface area (Å²) in [5, 5.41) is 8.32. The molecule has 28 heavy (non-hydrogen) atoms. The molecule has 0 spiro atoms. The molecule has 3 aromatic rings. The predicted molar refractivity (Wildman–Crippen MR) is 108 cm³/mol. The van der Waals surface area contributed by atoms with Gasteiger partial charge in [-0.15, -0.1) is 0 Å². The Balaban J connectivity index is 1.70. The van der Waals surface area contributed by atoms with Crippen LogP contribution in [0.2, 0.25) is 0 Å². The van der Waals surface area contributed by atoms with Crippen LogP contribution in [-0.2, 0) is 11.3 Å².